The maximum Gasteiger partial charge on any atom is 0.338 e. The Balaban J connectivity index is 1.45. The number of anilines is 1. The zero-order valence-electron chi connectivity index (χ0n) is 13.2. The second-order valence-corrected chi connectivity index (χ2v) is 6.34. The molecule has 2 amide bonds. The van der Waals surface area contributed by atoms with Crippen LogP contribution in [0.4, 0.5) is 5.69 Å². The van der Waals surface area contributed by atoms with E-state index in [2.05, 4.69) is 10.6 Å². The number of nitrogens with one attached hydrogen (secondary N) is 2. The fourth-order valence-electron chi connectivity index (χ4n) is 2.25. The molecule has 0 fully saturated rings. The van der Waals surface area contributed by atoms with Gasteiger partial charge in [0.15, 0.2) is 13.2 Å². The van der Waals surface area contributed by atoms with Gasteiger partial charge in [-0.1, -0.05) is 6.07 Å². The lowest BCUT2D eigenvalue weighted by molar-refractivity contribution is -0.124. The number of amides is 2. The minimum Gasteiger partial charge on any atom is -0.482 e. The van der Waals surface area contributed by atoms with Crippen LogP contribution in [0.15, 0.2) is 35.7 Å². The van der Waals surface area contributed by atoms with Crippen molar-refractivity contribution >= 4 is 34.8 Å². The topological polar surface area (TPSA) is 93.7 Å². The van der Waals surface area contributed by atoms with Crippen LogP contribution in [0.5, 0.6) is 5.75 Å². The Morgan fingerprint density at radius 1 is 1.32 bits per heavy atom. The van der Waals surface area contributed by atoms with Gasteiger partial charge < -0.3 is 20.1 Å². The third-order valence-corrected chi connectivity index (χ3v) is 4.39. The molecule has 1 aromatic heterocycles. The van der Waals surface area contributed by atoms with Crippen molar-refractivity contribution in [2.24, 2.45) is 0 Å². The van der Waals surface area contributed by atoms with E-state index in [0.717, 1.165) is 6.42 Å². The summed E-state index contributed by atoms with van der Waals surface area (Å²) in [4.78, 5) is 36.1. The minimum atomic E-state index is -0.628. The smallest absolute Gasteiger partial charge is 0.338 e. The summed E-state index contributed by atoms with van der Waals surface area (Å²) in [6.07, 6.45) is 0.741. The number of fused-ring (bicyclic) bond motifs is 1. The highest BCUT2D eigenvalue weighted by Gasteiger charge is 2.18. The summed E-state index contributed by atoms with van der Waals surface area (Å²) >= 11 is 1.63. The van der Waals surface area contributed by atoms with E-state index in [1.54, 1.807) is 17.4 Å². The van der Waals surface area contributed by atoms with E-state index in [1.807, 2.05) is 17.5 Å². The first-order chi connectivity index (χ1) is 12.1. The van der Waals surface area contributed by atoms with E-state index >= 15 is 0 Å². The lowest BCUT2D eigenvalue weighted by atomic mass is 10.1. The molecule has 0 atom stereocenters. The lowest BCUT2D eigenvalue weighted by Gasteiger charge is -2.18. The predicted molar refractivity (Wildman–Crippen MR) is 91.9 cm³/mol. The van der Waals surface area contributed by atoms with Crippen LogP contribution in [0.2, 0.25) is 0 Å². The van der Waals surface area contributed by atoms with E-state index in [1.165, 1.54) is 17.0 Å². The molecule has 1 aromatic carbocycles. The van der Waals surface area contributed by atoms with Crippen molar-refractivity contribution < 1.29 is 23.9 Å². The van der Waals surface area contributed by atoms with Gasteiger partial charge >= 0.3 is 5.97 Å². The molecule has 8 heteroatoms. The van der Waals surface area contributed by atoms with Crippen molar-refractivity contribution in [2.45, 2.75) is 6.42 Å². The zero-order chi connectivity index (χ0) is 17.6. The van der Waals surface area contributed by atoms with E-state index in [4.69, 9.17) is 9.47 Å². The van der Waals surface area contributed by atoms with Crippen molar-refractivity contribution in [1.82, 2.24) is 5.32 Å². The van der Waals surface area contributed by atoms with Crippen molar-refractivity contribution in [2.75, 3.05) is 25.1 Å². The normalized spacial score (nSPS) is 12.6. The van der Waals surface area contributed by atoms with Gasteiger partial charge in [0.1, 0.15) is 5.75 Å². The molecule has 0 spiro atoms. The molecule has 25 heavy (non-hydrogen) atoms. The molecule has 0 unspecified atom stereocenters. The number of hydrogen-bond acceptors (Lipinski definition) is 6. The largest absolute Gasteiger partial charge is 0.482 e. The molecule has 2 aromatic rings. The third kappa shape index (κ3) is 4.57. The van der Waals surface area contributed by atoms with Gasteiger partial charge in [0.2, 0.25) is 0 Å². The Bertz CT molecular complexity index is 788. The summed E-state index contributed by atoms with van der Waals surface area (Å²) < 4.78 is 10.2. The molecule has 130 valence electrons. The Labute approximate surface area is 147 Å². The number of thiophene rings is 1. The summed E-state index contributed by atoms with van der Waals surface area (Å²) in [5.41, 5.74) is 0.750. The Morgan fingerprint density at radius 3 is 3.00 bits per heavy atom. The number of carbonyl (C=O) groups is 3. The molecule has 1 aliphatic heterocycles. The van der Waals surface area contributed by atoms with Crippen LogP contribution in [0, 0.1) is 0 Å². The highest BCUT2D eigenvalue weighted by atomic mass is 32.1. The molecule has 0 saturated carbocycles. The standard InChI is InChI=1S/C17H16N2O5S/c20-15(18-6-5-12-2-1-7-25-12)9-24-17(22)11-3-4-13-14(8-11)23-10-16(21)19-13/h1-4,7-8H,5-6,9-10H2,(H,18,20)(H,19,21). The summed E-state index contributed by atoms with van der Waals surface area (Å²) in [5, 5.41) is 7.31. The fraction of sp³-hybridized carbons (Fsp3) is 0.235. The van der Waals surface area contributed by atoms with E-state index in [0.29, 0.717) is 18.0 Å². The van der Waals surface area contributed by atoms with Gasteiger partial charge in [0, 0.05) is 11.4 Å². The number of esters is 1. The molecule has 1 aliphatic rings. The van der Waals surface area contributed by atoms with Gasteiger partial charge in [-0.3, -0.25) is 9.59 Å². The Hall–Kier alpha value is -2.87. The average molecular weight is 360 g/mol. The molecule has 0 radical (unpaired) electrons. The van der Waals surface area contributed by atoms with Crippen LogP contribution in [0.25, 0.3) is 0 Å². The Morgan fingerprint density at radius 2 is 2.20 bits per heavy atom. The number of carbonyl (C=O) groups excluding carboxylic acids is 3. The number of ether oxygens (including phenoxy) is 2. The molecule has 2 N–H and O–H groups in total. The number of benzene rings is 1. The summed E-state index contributed by atoms with van der Waals surface area (Å²) in [7, 11) is 0. The quantitative estimate of drug-likeness (QED) is 0.763. The molecule has 7 nitrogen and oxygen atoms in total. The van der Waals surface area contributed by atoms with Gasteiger partial charge in [0.25, 0.3) is 11.8 Å². The molecule has 0 saturated heterocycles. The lowest BCUT2D eigenvalue weighted by Crippen LogP contribution is -2.30. The molecule has 0 aliphatic carbocycles. The van der Waals surface area contributed by atoms with Crippen LogP contribution >= 0.6 is 11.3 Å². The van der Waals surface area contributed by atoms with Crippen LogP contribution in [0.3, 0.4) is 0 Å². The average Bonchev–Trinajstić information content (AvgIpc) is 3.12. The van der Waals surface area contributed by atoms with Crippen molar-refractivity contribution in [3.63, 3.8) is 0 Å². The first-order valence-corrected chi connectivity index (χ1v) is 8.53. The van der Waals surface area contributed by atoms with Crippen molar-refractivity contribution in [1.29, 1.82) is 0 Å². The molecule has 0 bridgehead atoms. The number of hydrogen-bond donors (Lipinski definition) is 2. The van der Waals surface area contributed by atoms with Crippen LogP contribution < -0.4 is 15.4 Å². The van der Waals surface area contributed by atoms with Gasteiger partial charge in [-0.25, -0.2) is 4.79 Å². The van der Waals surface area contributed by atoms with Crippen molar-refractivity contribution in [3.8, 4) is 5.75 Å². The summed E-state index contributed by atoms with van der Waals surface area (Å²) in [5.74, 6) is -0.834. The van der Waals surface area contributed by atoms with Crippen LogP contribution in [-0.2, 0) is 20.7 Å². The predicted octanol–water partition coefficient (Wildman–Crippen LogP) is 1.59. The first kappa shape index (κ1) is 17.0. The van der Waals surface area contributed by atoms with Gasteiger partial charge in [-0.2, -0.15) is 0 Å². The van der Waals surface area contributed by atoms with Gasteiger partial charge in [-0.05, 0) is 36.1 Å². The summed E-state index contributed by atoms with van der Waals surface area (Å²) in [6.45, 7) is 0.0411. The number of rotatable bonds is 6. The van der Waals surface area contributed by atoms with Crippen LogP contribution in [0.1, 0.15) is 15.2 Å². The van der Waals surface area contributed by atoms with Crippen LogP contribution in [-0.4, -0.2) is 37.5 Å². The SMILES string of the molecule is O=C(COC(=O)c1ccc2c(c1)OCC(=O)N2)NCCc1cccs1. The second kappa shape index (κ2) is 7.80. The Kier molecular flexibility index (Phi) is 5.30. The minimum absolute atomic E-state index is 0.0991. The third-order valence-electron chi connectivity index (χ3n) is 3.46. The zero-order valence-corrected chi connectivity index (χ0v) is 14.1. The maximum atomic E-state index is 12.0. The van der Waals surface area contributed by atoms with Gasteiger partial charge in [0.05, 0.1) is 11.3 Å². The summed E-state index contributed by atoms with van der Waals surface area (Å²) in [6, 6.07) is 8.50. The fourth-order valence-corrected chi connectivity index (χ4v) is 2.96. The maximum absolute atomic E-state index is 12.0. The highest BCUT2D eigenvalue weighted by Crippen LogP contribution is 2.28. The monoisotopic (exact) mass is 360 g/mol. The van der Waals surface area contributed by atoms with E-state index in [9.17, 15) is 14.4 Å². The molecular weight excluding hydrogens is 344 g/mol. The van der Waals surface area contributed by atoms with E-state index in [-0.39, 0.29) is 30.6 Å². The van der Waals surface area contributed by atoms with Gasteiger partial charge in [-0.15, -0.1) is 11.3 Å². The first-order valence-electron chi connectivity index (χ1n) is 7.65. The van der Waals surface area contributed by atoms with E-state index < -0.39 is 5.97 Å². The second-order valence-electron chi connectivity index (χ2n) is 5.30. The molecule has 3 rings (SSSR count). The highest BCUT2D eigenvalue weighted by molar-refractivity contribution is 7.09. The molecular formula is C17H16N2O5S. The molecule has 2 heterocycles. The van der Waals surface area contributed by atoms with Crippen molar-refractivity contribution in [3.05, 3.63) is 46.2 Å².